The van der Waals surface area contributed by atoms with E-state index in [1.54, 1.807) is 18.2 Å². The predicted molar refractivity (Wildman–Crippen MR) is 162 cm³/mol. The second-order valence-corrected chi connectivity index (χ2v) is 11.3. The Bertz CT molecular complexity index is 1520. The van der Waals surface area contributed by atoms with Crippen molar-refractivity contribution in [3.8, 4) is 0 Å². The monoisotopic (exact) mass is 668 g/mol. The van der Waals surface area contributed by atoms with Crippen molar-refractivity contribution in [2.75, 3.05) is 6.61 Å². The number of carbonyl (C=O) groups excluding carboxylic acids is 6. The van der Waals surface area contributed by atoms with Crippen molar-refractivity contribution < 1.29 is 67.0 Å². The summed E-state index contributed by atoms with van der Waals surface area (Å²) in [4.78, 5) is 74.8. The molecule has 1 N–H and O–H groups in total. The third-order valence-corrected chi connectivity index (χ3v) is 7.52. The summed E-state index contributed by atoms with van der Waals surface area (Å²) in [5, 5.41) is 10.3. The van der Waals surface area contributed by atoms with E-state index in [1.165, 1.54) is 43.4 Å². The van der Waals surface area contributed by atoms with Gasteiger partial charge in [-0.2, -0.15) is 0 Å². The molecule has 0 radical (unpaired) electrons. The Hall–Kier alpha value is -5.40. The van der Waals surface area contributed by atoms with Crippen LogP contribution in [-0.4, -0.2) is 64.9 Å². The maximum Gasteiger partial charge on any atom is 0.348 e. The van der Waals surface area contributed by atoms with E-state index in [4.69, 9.17) is 33.2 Å². The van der Waals surface area contributed by atoms with Crippen molar-refractivity contribution in [3.05, 3.63) is 83.4 Å². The van der Waals surface area contributed by atoms with E-state index in [0.717, 1.165) is 6.08 Å². The number of cyclic esters (lactones) is 1. The van der Waals surface area contributed by atoms with Crippen LogP contribution in [0.3, 0.4) is 0 Å². The normalized spacial score (nSPS) is 27.8. The third kappa shape index (κ3) is 8.49. The summed E-state index contributed by atoms with van der Waals surface area (Å²) in [6.45, 7) is 5.33. The van der Waals surface area contributed by atoms with Crippen LogP contribution >= 0.6 is 0 Å². The Morgan fingerprint density at radius 1 is 0.729 bits per heavy atom. The third-order valence-electron chi connectivity index (χ3n) is 7.52. The highest BCUT2D eigenvalue weighted by atomic mass is 16.8. The Labute approximate surface area is 275 Å². The van der Waals surface area contributed by atoms with Gasteiger partial charge in [0.05, 0.1) is 13.0 Å². The highest BCUT2D eigenvalue weighted by molar-refractivity contribution is 6.16. The lowest BCUT2D eigenvalue weighted by Gasteiger charge is -2.45. The van der Waals surface area contributed by atoms with Crippen LogP contribution in [0.5, 0.6) is 0 Å². The molecule has 1 saturated carbocycles. The molecule has 1 atom stereocenters. The fraction of sp³-hybridized carbons (Fsp3) is 0.412. The molecule has 1 aliphatic carbocycles. The zero-order valence-corrected chi connectivity index (χ0v) is 26.7. The summed E-state index contributed by atoms with van der Waals surface area (Å²) in [7, 11) is 0. The number of rotatable bonds is 10. The first-order valence-electron chi connectivity index (χ1n) is 15.3. The molecule has 4 rings (SSSR count). The van der Waals surface area contributed by atoms with E-state index < -0.39 is 64.7 Å². The van der Waals surface area contributed by atoms with Crippen molar-refractivity contribution in [3.63, 3.8) is 0 Å². The molecule has 14 nitrogen and oxygen atoms in total. The highest BCUT2D eigenvalue weighted by Crippen LogP contribution is 2.45. The number of allylic oxidation sites excluding steroid dienone is 9. The van der Waals surface area contributed by atoms with Gasteiger partial charge in [-0.15, -0.1) is 0 Å². The summed E-state index contributed by atoms with van der Waals surface area (Å²) in [5.41, 5.74) is -0.969. The van der Waals surface area contributed by atoms with Crippen molar-refractivity contribution in [1.29, 1.82) is 0 Å². The average molecular weight is 669 g/mol. The molecule has 2 saturated heterocycles. The molecular formula is C34H36O14. The second-order valence-electron chi connectivity index (χ2n) is 11.3. The van der Waals surface area contributed by atoms with Crippen LogP contribution in [0.4, 0.5) is 0 Å². The second kappa shape index (κ2) is 15.0. The van der Waals surface area contributed by atoms with E-state index in [1.807, 2.05) is 13.8 Å². The van der Waals surface area contributed by atoms with Gasteiger partial charge in [-0.25, -0.2) is 24.0 Å². The van der Waals surface area contributed by atoms with Crippen LogP contribution in [0.15, 0.2) is 83.4 Å². The summed E-state index contributed by atoms with van der Waals surface area (Å²) < 4.78 is 37.5. The van der Waals surface area contributed by atoms with Gasteiger partial charge in [-0.05, 0) is 31.6 Å². The molecule has 4 aliphatic rings. The smallest absolute Gasteiger partial charge is 0.348 e. The Balaban J connectivity index is 1.31. The van der Waals surface area contributed by atoms with Gasteiger partial charge in [0.2, 0.25) is 0 Å². The molecule has 0 bridgehead atoms. The number of aliphatic hydroxyl groups is 1. The maximum atomic E-state index is 12.8. The standard InChI is InChI=1S/C34H36O14/c1-4-6-7-9-12-23-28(38)45-33(46-29(23)39)17-19-34(20-18-33)47-30(40)24(31(41)48-34)14-11-8-10-13-22-26(36)43-32(3,44-27(22)37)16-15-25(35)42-21-5-2/h4,6-14,36H,5,15-21H2,1-3H3/b6-4+,9-7+,11-8+,13-10+,23-12?,24-14?. The van der Waals surface area contributed by atoms with Gasteiger partial charge in [0, 0.05) is 39.0 Å². The number of ether oxygens (including phenoxy) is 7. The first-order valence-corrected chi connectivity index (χ1v) is 15.3. The van der Waals surface area contributed by atoms with Gasteiger partial charge in [0.15, 0.2) is 0 Å². The molecule has 14 heteroatoms. The molecule has 0 aromatic carbocycles. The molecule has 0 aromatic heterocycles. The van der Waals surface area contributed by atoms with Gasteiger partial charge in [0.25, 0.3) is 23.3 Å². The first-order chi connectivity index (χ1) is 22.8. The minimum absolute atomic E-state index is 0.0426. The zero-order valence-electron chi connectivity index (χ0n) is 26.7. The number of hydrogen-bond acceptors (Lipinski definition) is 14. The van der Waals surface area contributed by atoms with Gasteiger partial charge in [-0.1, -0.05) is 49.5 Å². The minimum atomic E-state index is -1.62. The van der Waals surface area contributed by atoms with E-state index in [2.05, 4.69) is 0 Å². The van der Waals surface area contributed by atoms with Gasteiger partial charge in [-0.3, -0.25) is 4.79 Å². The number of hydrogen-bond donors (Lipinski definition) is 1. The lowest BCUT2D eigenvalue weighted by Crippen LogP contribution is -2.56. The van der Waals surface area contributed by atoms with Gasteiger partial charge >= 0.3 is 35.8 Å². The molecule has 3 aliphatic heterocycles. The van der Waals surface area contributed by atoms with Gasteiger partial charge in [0.1, 0.15) is 16.7 Å². The molecule has 0 amide bonds. The molecule has 1 unspecified atom stereocenters. The summed E-state index contributed by atoms with van der Waals surface area (Å²) >= 11 is 0. The highest BCUT2D eigenvalue weighted by Gasteiger charge is 2.56. The Morgan fingerprint density at radius 2 is 1.23 bits per heavy atom. The van der Waals surface area contributed by atoms with E-state index >= 15 is 0 Å². The fourth-order valence-electron chi connectivity index (χ4n) is 4.97. The number of carbonyl (C=O) groups is 6. The largest absolute Gasteiger partial charge is 0.480 e. The van der Waals surface area contributed by atoms with Crippen molar-refractivity contribution in [2.45, 2.75) is 83.1 Å². The molecule has 48 heavy (non-hydrogen) atoms. The summed E-state index contributed by atoms with van der Waals surface area (Å²) in [5.74, 6) is -10.5. The van der Waals surface area contributed by atoms with Crippen LogP contribution in [0.25, 0.3) is 0 Å². The first kappa shape index (κ1) is 35.5. The molecule has 3 heterocycles. The van der Waals surface area contributed by atoms with Crippen LogP contribution in [0.2, 0.25) is 0 Å². The van der Waals surface area contributed by atoms with Crippen LogP contribution in [0, 0.1) is 0 Å². The van der Waals surface area contributed by atoms with E-state index in [-0.39, 0.29) is 56.3 Å². The molecular weight excluding hydrogens is 632 g/mol. The zero-order chi connectivity index (χ0) is 35.0. The maximum absolute atomic E-state index is 12.8. The van der Waals surface area contributed by atoms with Crippen molar-refractivity contribution >= 4 is 35.8 Å². The lowest BCUT2D eigenvalue weighted by molar-refractivity contribution is -0.291. The van der Waals surface area contributed by atoms with Crippen molar-refractivity contribution in [1.82, 2.24) is 0 Å². The number of aliphatic hydroxyl groups excluding tert-OH is 1. The summed E-state index contributed by atoms with van der Waals surface area (Å²) in [6.07, 6.45) is 14.4. The molecule has 3 fully saturated rings. The molecule has 256 valence electrons. The van der Waals surface area contributed by atoms with E-state index in [0.29, 0.717) is 6.42 Å². The quantitative estimate of drug-likeness (QED) is 0.115. The summed E-state index contributed by atoms with van der Waals surface area (Å²) in [6, 6.07) is 0. The van der Waals surface area contributed by atoms with Crippen molar-refractivity contribution in [2.24, 2.45) is 0 Å². The number of esters is 6. The van der Waals surface area contributed by atoms with Gasteiger partial charge < -0.3 is 38.3 Å². The topological polar surface area (TPSA) is 187 Å². The predicted octanol–water partition coefficient (Wildman–Crippen LogP) is 4.04. The van der Waals surface area contributed by atoms with Crippen LogP contribution in [-0.2, 0) is 61.9 Å². The Kier molecular flexibility index (Phi) is 11.1. The minimum Gasteiger partial charge on any atom is -0.480 e. The fourth-order valence-corrected chi connectivity index (χ4v) is 4.97. The van der Waals surface area contributed by atoms with Crippen LogP contribution in [0.1, 0.15) is 65.7 Å². The lowest BCUT2D eigenvalue weighted by atomic mass is 9.87. The Morgan fingerprint density at radius 3 is 1.69 bits per heavy atom. The van der Waals surface area contributed by atoms with E-state index in [9.17, 15) is 33.9 Å². The molecule has 2 spiro atoms. The van der Waals surface area contributed by atoms with Crippen LogP contribution < -0.4 is 0 Å². The molecule has 0 aromatic rings. The average Bonchev–Trinajstić information content (AvgIpc) is 3.02. The SMILES string of the molecule is C/C=C/C=C/C=C1C(=O)OC2(CCC3(CC2)OC(=O)C(=C/C=C/C=C/C2=C(O)OC(C)(CCC(=O)OCCC)OC2=O)C(=O)O3)OC1=O.